The van der Waals surface area contributed by atoms with E-state index in [0.717, 1.165) is 5.56 Å². The summed E-state index contributed by atoms with van der Waals surface area (Å²) in [6, 6.07) is 5.53. The Balaban J connectivity index is 2.70. The van der Waals surface area contributed by atoms with Crippen LogP contribution in [0.15, 0.2) is 18.2 Å². The van der Waals surface area contributed by atoms with Crippen molar-refractivity contribution in [1.82, 2.24) is 5.32 Å². The minimum atomic E-state index is -0.624. The van der Waals surface area contributed by atoms with Gasteiger partial charge in [0.1, 0.15) is 5.75 Å². The molecule has 0 aliphatic carbocycles. The lowest BCUT2D eigenvalue weighted by atomic mass is 10.1. The van der Waals surface area contributed by atoms with Gasteiger partial charge in [0.2, 0.25) is 0 Å². The summed E-state index contributed by atoms with van der Waals surface area (Å²) < 4.78 is 5.49. The van der Waals surface area contributed by atoms with Gasteiger partial charge in [0.25, 0.3) is 5.91 Å². The van der Waals surface area contributed by atoms with Crippen molar-refractivity contribution >= 4 is 5.91 Å². The lowest BCUT2D eigenvalue weighted by Crippen LogP contribution is -2.43. The molecule has 19 heavy (non-hydrogen) atoms. The quantitative estimate of drug-likeness (QED) is 0.878. The number of aliphatic hydroxyl groups is 1. The number of hydrogen-bond acceptors (Lipinski definition) is 3. The van der Waals surface area contributed by atoms with Crippen LogP contribution in [0.3, 0.4) is 0 Å². The van der Waals surface area contributed by atoms with Crippen LogP contribution >= 0.6 is 0 Å². The van der Waals surface area contributed by atoms with E-state index in [4.69, 9.17) is 4.74 Å². The number of aliphatic hydroxyl groups excluding tert-OH is 1. The number of carbonyl (C=O) groups excluding carboxylic acids is 1. The highest BCUT2D eigenvalue weighted by Crippen LogP contribution is 2.26. The van der Waals surface area contributed by atoms with Gasteiger partial charge >= 0.3 is 0 Å². The molecule has 1 aromatic rings. The number of carbonyl (C=O) groups is 1. The van der Waals surface area contributed by atoms with E-state index in [9.17, 15) is 9.90 Å². The zero-order valence-electron chi connectivity index (χ0n) is 12.3. The third-order valence-corrected chi connectivity index (χ3v) is 2.49. The van der Waals surface area contributed by atoms with Crippen LogP contribution < -0.4 is 10.1 Å². The van der Waals surface area contributed by atoms with E-state index in [-0.39, 0.29) is 18.1 Å². The number of ether oxygens (including phenoxy) is 1. The second kappa shape index (κ2) is 6.06. The summed E-state index contributed by atoms with van der Waals surface area (Å²) in [6.07, 6.45) is -0.624. The van der Waals surface area contributed by atoms with Crippen molar-refractivity contribution < 1.29 is 14.6 Å². The SMILES string of the molecule is Cc1ccc(OCC(=O)NC(C)(C)C)c([C@H](C)O)c1. The Morgan fingerprint density at radius 1 is 1.42 bits per heavy atom. The average Bonchev–Trinajstić information content (AvgIpc) is 2.24. The smallest absolute Gasteiger partial charge is 0.258 e. The molecule has 2 N–H and O–H groups in total. The molecule has 0 bridgehead atoms. The van der Waals surface area contributed by atoms with E-state index in [2.05, 4.69) is 5.32 Å². The highest BCUT2D eigenvalue weighted by Gasteiger charge is 2.15. The van der Waals surface area contributed by atoms with Gasteiger partial charge in [0.15, 0.2) is 6.61 Å². The van der Waals surface area contributed by atoms with Gasteiger partial charge < -0.3 is 15.2 Å². The molecule has 0 aromatic heterocycles. The maximum Gasteiger partial charge on any atom is 0.258 e. The van der Waals surface area contributed by atoms with Crippen LogP contribution in [0, 0.1) is 6.92 Å². The van der Waals surface area contributed by atoms with Crippen LogP contribution in [0.1, 0.15) is 44.9 Å². The zero-order valence-corrected chi connectivity index (χ0v) is 12.3. The van der Waals surface area contributed by atoms with Crippen molar-refractivity contribution in [3.05, 3.63) is 29.3 Å². The maximum absolute atomic E-state index is 11.7. The number of rotatable bonds is 4. The normalized spacial score (nSPS) is 12.9. The fourth-order valence-corrected chi connectivity index (χ4v) is 1.72. The van der Waals surface area contributed by atoms with Crippen LogP contribution in [0.25, 0.3) is 0 Å². The minimum Gasteiger partial charge on any atom is -0.483 e. The first kappa shape index (κ1) is 15.5. The molecular weight excluding hydrogens is 242 g/mol. The maximum atomic E-state index is 11.7. The zero-order chi connectivity index (χ0) is 14.6. The second-order valence-electron chi connectivity index (χ2n) is 5.80. The van der Waals surface area contributed by atoms with Crippen LogP contribution in [0.5, 0.6) is 5.75 Å². The number of aryl methyl sites for hydroxylation is 1. The Morgan fingerprint density at radius 3 is 2.58 bits per heavy atom. The molecule has 0 saturated carbocycles. The summed E-state index contributed by atoms with van der Waals surface area (Å²) in [4.78, 5) is 11.7. The van der Waals surface area contributed by atoms with Gasteiger partial charge in [-0.2, -0.15) is 0 Å². The van der Waals surface area contributed by atoms with Gasteiger partial charge in [0, 0.05) is 11.1 Å². The minimum absolute atomic E-state index is 0.0555. The highest BCUT2D eigenvalue weighted by atomic mass is 16.5. The Hall–Kier alpha value is -1.55. The monoisotopic (exact) mass is 265 g/mol. The van der Waals surface area contributed by atoms with E-state index in [1.807, 2.05) is 39.8 Å². The number of benzene rings is 1. The van der Waals surface area contributed by atoms with Crippen LogP contribution in [-0.2, 0) is 4.79 Å². The Bertz CT molecular complexity index is 447. The summed E-state index contributed by atoms with van der Waals surface area (Å²) in [5.41, 5.74) is 1.46. The van der Waals surface area contributed by atoms with E-state index in [1.165, 1.54) is 0 Å². The first-order valence-corrected chi connectivity index (χ1v) is 6.41. The average molecular weight is 265 g/mol. The number of hydrogen-bond donors (Lipinski definition) is 2. The highest BCUT2D eigenvalue weighted by molar-refractivity contribution is 5.78. The Labute approximate surface area is 114 Å². The Morgan fingerprint density at radius 2 is 2.05 bits per heavy atom. The number of amides is 1. The van der Waals surface area contributed by atoms with Gasteiger partial charge in [-0.1, -0.05) is 11.6 Å². The van der Waals surface area contributed by atoms with Gasteiger partial charge in [-0.05, 0) is 46.8 Å². The molecule has 0 spiro atoms. The molecule has 0 heterocycles. The molecule has 0 radical (unpaired) electrons. The molecule has 0 aliphatic rings. The summed E-state index contributed by atoms with van der Waals surface area (Å²) >= 11 is 0. The van der Waals surface area contributed by atoms with Crippen molar-refractivity contribution in [2.45, 2.75) is 46.3 Å². The fourth-order valence-electron chi connectivity index (χ4n) is 1.72. The summed E-state index contributed by atoms with van der Waals surface area (Å²) in [7, 11) is 0. The molecule has 1 amide bonds. The van der Waals surface area contributed by atoms with Crippen molar-refractivity contribution in [3.8, 4) is 5.75 Å². The number of nitrogens with one attached hydrogen (secondary N) is 1. The van der Waals surface area contributed by atoms with Gasteiger partial charge in [-0.15, -0.1) is 0 Å². The molecule has 4 heteroatoms. The molecule has 0 fully saturated rings. The standard InChI is InChI=1S/C15H23NO3/c1-10-6-7-13(12(8-10)11(2)17)19-9-14(18)16-15(3,4)5/h6-8,11,17H,9H2,1-5H3,(H,16,18)/t11-/m0/s1. The largest absolute Gasteiger partial charge is 0.483 e. The first-order valence-electron chi connectivity index (χ1n) is 6.41. The molecule has 106 valence electrons. The topological polar surface area (TPSA) is 58.6 Å². The molecule has 1 atom stereocenters. The van der Waals surface area contributed by atoms with Gasteiger partial charge in [-0.25, -0.2) is 0 Å². The second-order valence-corrected chi connectivity index (χ2v) is 5.80. The van der Waals surface area contributed by atoms with E-state index < -0.39 is 6.10 Å². The summed E-state index contributed by atoms with van der Waals surface area (Å²) in [5, 5.41) is 12.5. The molecule has 0 saturated heterocycles. The molecule has 0 aliphatic heterocycles. The Kier molecular flexibility index (Phi) is 4.95. The van der Waals surface area contributed by atoms with Gasteiger partial charge in [0.05, 0.1) is 6.10 Å². The predicted molar refractivity (Wildman–Crippen MR) is 75.2 cm³/mol. The van der Waals surface area contributed by atoms with Crippen LogP contribution in [0.4, 0.5) is 0 Å². The van der Waals surface area contributed by atoms with Crippen LogP contribution in [0.2, 0.25) is 0 Å². The van der Waals surface area contributed by atoms with Crippen LogP contribution in [-0.4, -0.2) is 23.2 Å². The third-order valence-electron chi connectivity index (χ3n) is 2.49. The van der Waals surface area contributed by atoms with E-state index >= 15 is 0 Å². The van der Waals surface area contributed by atoms with Crippen molar-refractivity contribution in [2.24, 2.45) is 0 Å². The first-order chi connectivity index (χ1) is 8.69. The fraction of sp³-hybridized carbons (Fsp3) is 0.533. The lowest BCUT2D eigenvalue weighted by molar-refractivity contribution is -0.124. The van der Waals surface area contributed by atoms with Crippen molar-refractivity contribution in [2.75, 3.05) is 6.61 Å². The van der Waals surface area contributed by atoms with Crippen molar-refractivity contribution in [3.63, 3.8) is 0 Å². The molecule has 4 nitrogen and oxygen atoms in total. The molecule has 0 unspecified atom stereocenters. The molecular formula is C15H23NO3. The molecule has 1 rings (SSSR count). The summed E-state index contributed by atoms with van der Waals surface area (Å²) in [5.74, 6) is 0.370. The van der Waals surface area contributed by atoms with Gasteiger partial charge in [-0.3, -0.25) is 4.79 Å². The lowest BCUT2D eigenvalue weighted by Gasteiger charge is -2.21. The summed E-state index contributed by atoms with van der Waals surface area (Å²) in [6.45, 7) is 9.31. The van der Waals surface area contributed by atoms with E-state index in [1.54, 1.807) is 13.0 Å². The predicted octanol–water partition coefficient (Wildman–Crippen LogP) is 2.34. The molecule has 1 aromatic carbocycles. The van der Waals surface area contributed by atoms with Crippen molar-refractivity contribution in [1.29, 1.82) is 0 Å². The third kappa shape index (κ3) is 5.30. The van der Waals surface area contributed by atoms with E-state index in [0.29, 0.717) is 11.3 Å².